The van der Waals surface area contributed by atoms with E-state index < -0.39 is 12.3 Å². The normalized spacial score (nSPS) is 12.1. The standard InChI is InChI=1S/2C23H20Br2FNO.2CH4/c2*1-28-19-4-2-3-15(11-19)5-8-18(26)14-27-22-9-6-16(24)12-20(22)21-13-17(25)7-10-23(21)27;;/h2*2-4,6-7,9-13,18H,5,8,14H2,1H3;2*1H4. The SMILES string of the molecule is C.C.COc1cccc(CCC(F)Cn2c3ccc(Br)cc3c3cc(Br)ccc32)c1.COc1cccc(CCC(F)Cn2c3ccc(Br)cc3c3cc(Br)ccc32)c1. The van der Waals surface area contributed by atoms with E-state index in [1.165, 1.54) is 0 Å². The van der Waals surface area contributed by atoms with Crippen LogP contribution in [0.2, 0.25) is 0 Å². The van der Waals surface area contributed by atoms with Crippen LogP contribution < -0.4 is 9.47 Å². The first kappa shape index (κ1) is 45.4. The van der Waals surface area contributed by atoms with Gasteiger partial charge in [-0.3, -0.25) is 0 Å². The molecule has 2 aromatic heterocycles. The summed E-state index contributed by atoms with van der Waals surface area (Å²) in [6.07, 6.45) is 0.455. The minimum Gasteiger partial charge on any atom is -0.497 e. The van der Waals surface area contributed by atoms with Gasteiger partial charge in [-0.05, 0) is 134 Å². The molecule has 2 heterocycles. The van der Waals surface area contributed by atoms with Crippen LogP contribution in [-0.2, 0) is 25.9 Å². The van der Waals surface area contributed by atoms with Crippen LogP contribution in [0.5, 0.6) is 11.5 Å². The first-order valence-electron chi connectivity index (χ1n) is 18.4. The van der Waals surface area contributed by atoms with Crippen LogP contribution >= 0.6 is 63.7 Å². The molecule has 58 heavy (non-hydrogen) atoms. The van der Waals surface area contributed by atoms with Gasteiger partial charge in [-0.25, -0.2) is 8.78 Å². The number of ether oxygens (including phenoxy) is 2. The summed E-state index contributed by atoms with van der Waals surface area (Å²) in [5.74, 6) is 1.62. The molecule has 8 rings (SSSR count). The number of hydrogen-bond acceptors (Lipinski definition) is 2. The molecule has 0 saturated heterocycles. The van der Waals surface area contributed by atoms with Crippen molar-refractivity contribution in [3.63, 3.8) is 0 Å². The van der Waals surface area contributed by atoms with Crippen LogP contribution in [0.1, 0.15) is 38.8 Å². The van der Waals surface area contributed by atoms with Gasteiger partial charge in [0.25, 0.3) is 0 Å². The fourth-order valence-corrected chi connectivity index (χ4v) is 8.82. The van der Waals surface area contributed by atoms with Gasteiger partial charge in [-0.15, -0.1) is 0 Å². The van der Waals surface area contributed by atoms with Gasteiger partial charge in [-0.1, -0.05) is 103 Å². The molecule has 0 bridgehead atoms. The summed E-state index contributed by atoms with van der Waals surface area (Å²) in [4.78, 5) is 0. The maximum absolute atomic E-state index is 15.0. The zero-order valence-corrected chi connectivity index (χ0v) is 37.3. The zero-order valence-electron chi connectivity index (χ0n) is 30.9. The van der Waals surface area contributed by atoms with Crippen molar-refractivity contribution in [1.29, 1.82) is 0 Å². The van der Waals surface area contributed by atoms with E-state index in [4.69, 9.17) is 9.47 Å². The Kier molecular flexibility index (Phi) is 16.1. The molecular formula is C48H48Br4F2N2O2. The summed E-state index contributed by atoms with van der Waals surface area (Å²) in [5, 5.41) is 4.52. The van der Waals surface area contributed by atoms with Gasteiger partial charge in [0.05, 0.1) is 27.3 Å². The molecule has 6 aromatic carbocycles. The smallest absolute Gasteiger partial charge is 0.119 e. The second-order valence-electron chi connectivity index (χ2n) is 13.8. The molecule has 0 radical (unpaired) electrons. The number of methoxy groups -OCH3 is 2. The lowest BCUT2D eigenvalue weighted by atomic mass is 10.1. The van der Waals surface area contributed by atoms with E-state index in [0.717, 1.165) is 84.1 Å². The van der Waals surface area contributed by atoms with Crippen molar-refractivity contribution in [3.8, 4) is 11.5 Å². The Hall–Kier alpha value is -3.70. The lowest BCUT2D eigenvalue weighted by Gasteiger charge is -2.13. The molecule has 10 heteroatoms. The summed E-state index contributed by atoms with van der Waals surface area (Å²) in [6.45, 7) is 0.681. The first-order valence-corrected chi connectivity index (χ1v) is 21.6. The van der Waals surface area contributed by atoms with E-state index in [2.05, 4.69) is 121 Å². The van der Waals surface area contributed by atoms with Crippen molar-refractivity contribution >= 4 is 107 Å². The highest BCUT2D eigenvalue weighted by molar-refractivity contribution is 9.11. The third kappa shape index (κ3) is 10.5. The van der Waals surface area contributed by atoms with Crippen LogP contribution in [0, 0.1) is 0 Å². The molecule has 0 amide bonds. The van der Waals surface area contributed by atoms with Crippen LogP contribution in [0.4, 0.5) is 8.78 Å². The van der Waals surface area contributed by atoms with Gasteiger partial charge in [0.2, 0.25) is 0 Å². The first-order chi connectivity index (χ1) is 27.1. The molecular weight excluding hydrogens is 994 g/mol. The number of benzene rings is 6. The van der Waals surface area contributed by atoms with Crippen LogP contribution in [0.25, 0.3) is 43.6 Å². The Morgan fingerprint density at radius 2 is 0.776 bits per heavy atom. The predicted molar refractivity (Wildman–Crippen MR) is 256 cm³/mol. The molecule has 0 spiro atoms. The van der Waals surface area contributed by atoms with Crippen LogP contribution in [0.3, 0.4) is 0 Å². The second kappa shape index (κ2) is 20.5. The summed E-state index contributed by atoms with van der Waals surface area (Å²) in [5.41, 5.74) is 6.41. The van der Waals surface area contributed by atoms with Gasteiger partial charge in [0.1, 0.15) is 23.8 Å². The van der Waals surface area contributed by atoms with E-state index in [1.54, 1.807) is 14.2 Å². The summed E-state index contributed by atoms with van der Waals surface area (Å²) in [6, 6.07) is 40.4. The number of aryl methyl sites for hydroxylation is 2. The minimum atomic E-state index is -0.933. The number of nitrogens with zero attached hydrogens (tertiary/aromatic N) is 2. The number of hydrogen-bond donors (Lipinski definition) is 0. The van der Waals surface area contributed by atoms with Crippen molar-refractivity contribution < 1.29 is 18.3 Å². The molecule has 0 N–H and O–H groups in total. The lowest BCUT2D eigenvalue weighted by molar-refractivity contribution is 0.283. The third-order valence-corrected chi connectivity index (χ3v) is 12.1. The topological polar surface area (TPSA) is 28.3 Å². The molecule has 2 unspecified atom stereocenters. The van der Waals surface area contributed by atoms with Crippen LogP contribution in [-0.4, -0.2) is 35.7 Å². The Labute approximate surface area is 374 Å². The Bertz CT molecular complexity index is 2340. The Morgan fingerprint density at radius 1 is 0.466 bits per heavy atom. The van der Waals surface area contributed by atoms with Crippen molar-refractivity contribution in [2.75, 3.05) is 14.2 Å². The lowest BCUT2D eigenvalue weighted by Crippen LogP contribution is -2.12. The Morgan fingerprint density at radius 3 is 1.07 bits per heavy atom. The quantitative estimate of drug-likeness (QED) is 0.122. The van der Waals surface area contributed by atoms with E-state index >= 15 is 0 Å². The van der Waals surface area contributed by atoms with Gasteiger partial charge >= 0.3 is 0 Å². The molecule has 304 valence electrons. The van der Waals surface area contributed by atoms with E-state index in [1.807, 2.05) is 72.8 Å². The highest BCUT2D eigenvalue weighted by atomic mass is 79.9. The molecule has 8 aromatic rings. The number of alkyl halides is 2. The van der Waals surface area contributed by atoms with Crippen LogP contribution in [0.15, 0.2) is 139 Å². The summed E-state index contributed by atoms with van der Waals surface area (Å²) in [7, 11) is 3.30. The number of halogens is 6. The van der Waals surface area contributed by atoms with Gasteiger partial charge in [0.15, 0.2) is 0 Å². The van der Waals surface area contributed by atoms with Crippen molar-refractivity contribution in [3.05, 3.63) is 150 Å². The summed E-state index contributed by atoms with van der Waals surface area (Å²) >= 11 is 14.2. The van der Waals surface area contributed by atoms with Crippen molar-refractivity contribution in [1.82, 2.24) is 9.13 Å². The minimum absolute atomic E-state index is 0. The van der Waals surface area contributed by atoms with Gasteiger partial charge < -0.3 is 18.6 Å². The highest BCUT2D eigenvalue weighted by Crippen LogP contribution is 2.35. The molecule has 4 nitrogen and oxygen atoms in total. The zero-order chi connectivity index (χ0) is 39.3. The fourth-order valence-electron chi connectivity index (χ4n) is 7.37. The van der Waals surface area contributed by atoms with Crippen molar-refractivity contribution in [2.24, 2.45) is 0 Å². The van der Waals surface area contributed by atoms with Gasteiger partial charge in [-0.2, -0.15) is 0 Å². The molecule has 0 fully saturated rings. The number of rotatable bonds is 12. The van der Waals surface area contributed by atoms with E-state index in [0.29, 0.717) is 38.8 Å². The number of fused-ring (bicyclic) bond motifs is 6. The van der Waals surface area contributed by atoms with Crippen molar-refractivity contribution in [2.45, 2.75) is 66.0 Å². The summed E-state index contributed by atoms with van der Waals surface area (Å²) < 4.78 is 48.8. The van der Waals surface area contributed by atoms with Gasteiger partial charge in [0, 0.05) is 61.5 Å². The Balaban J connectivity index is 0.000000214. The maximum Gasteiger partial charge on any atom is 0.119 e. The molecule has 0 aliphatic carbocycles. The maximum atomic E-state index is 15.0. The number of aromatic nitrogens is 2. The average Bonchev–Trinajstić information content (AvgIpc) is 3.66. The largest absolute Gasteiger partial charge is 0.497 e. The second-order valence-corrected chi connectivity index (χ2v) is 17.5. The predicted octanol–water partition coefficient (Wildman–Crippen LogP) is 15.9. The molecule has 0 aliphatic heterocycles. The average molecular weight is 1040 g/mol. The highest BCUT2D eigenvalue weighted by Gasteiger charge is 2.18. The third-order valence-electron chi connectivity index (χ3n) is 10.1. The molecule has 2 atom stereocenters. The monoisotopic (exact) mass is 1040 g/mol. The fraction of sp³-hybridized carbons (Fsp3) is 0.250. The molecule has 0 aliphatic rings. The van der Waals surface area contributed by atoms with E-state index in [-0.39, 0.29) is 14.9 Å². The molecule has 0 saturated carbocycles. The van der Waals surface area contributed by atoms with E-state index in [9.17, 15) is 8.78 Å².